The topological polar surface area (TPSA) is 26.0 Å². The molecule has 0 atom stereocenters. The predicted octanol–water partition coefficient (Wildman–Crippen LogP) is 3.59. The molecule has 0 radical (unpaired) electrons. The fraction of sp³-hybridized carbons (Fsp3) is 0.222. The molecule has 80 valence electrons. The van der Waals surface area contributed by atoms with E-state index in [1.54, 1.807) is 0 Å². The SMILES string of the molecule is FC(F)(F)c1cccc2nc(CCl)oc12. The van der Waals surface area contributed by atoms with E-state index in [1.165, 1.54) is 12.1 Å². The maximum absolute atomic E-state index is 12.5. The Morgan fingerprint density at radius 3 is 2.67 bits per heavy atom. The Balaban J connectivity index is 2.70. The Labute approximate surface area is 87.7 Å². The highest BCUT2D eigenvalue weighted by atomic mass is 35.5. The second-order valence-corrected chi connectivity index (χ2v) is 3.16. The van der Waals surface area contributed by atoms with Gasteiger partial charge in [-0.15, -0.1) is 11.6 Å². The van der Waals surface area contributed by atoms with Gasteiger partial charge in [0.25, 0.3) is 0 Å². The first-order chi connectivity index (χ1) is 7.02. The van der Waals surface area contributed by atoms with E-state index in [0.717, 1.165) is 6.07 Å². The highest BCUT2D eigenvalue weighted by Crippen LogP contribution is 2.35. The van der Waals surface area contributed by atoms with E-state index < -0.39 is 11.7 Å². The zero-order valence-electron chi connectivity index (χ0n) is 7.31. The van der Waals surface area contributed by atoms with Gasteiger partial charge in [0.05, 0.1) is 5.88 Å². The summed E-state index contributed by atoms with van der Waals surface area (Å²) in [4.78, 5) is 3.81. The molecule has 0 aliphatic carbocycles. The van der Waals surface area contributed by atoms with Gasteiger partial charge >= 0.3 is 6.18 Å². The molecule has 2 nitrogen and oxygen atoms in total. The van der Waals surface area contributed by atoms with Gasteiger partial charge in [0.2, 0.25) is 5.89 Å². The van der Waals surface area contributed by atoms with E-state index in [4.69, 9.17) is 16.0 Å². The summed E-state index contributed by atoms with van der Waals surface area (Å²) in [6.45, 7) is 0. The number of aromatic nitrogens is 1. The van der Waals surface area contributed by atoms with Crippen molar-refractivity contribution in [2.24, 2.45) is 0 Å². The lowest BCUT2D eigenvalue weighted by Gasteiger charge is -2.05. The van der Waals surface area contributed by atoms with E-state index >= 15 is 0 Å². The number of hydrogen-bond acceptors (Lipinski definition) is 2. The van der Waals surface area contributed by atoms with E-state index in [-0.39, 0.29) is 22.9 Å². The van der Waals surface area contributed by atoms with E-state index in [9.17, 15) is 13.2 Å². The summed E-state index contributed by atoms with van der Waals surface area (Å²) in [5.41, 5.74) is -0.926. The van der Waals surface area contributed by atoms with Crippen molar-refractivity contribution in [3.8, 4) is 0 Å². The molecule has 15 heavy (non-hydrogen) atoms. The summed E-state index contributed by atoms with van der Waals surface area (Å²) in [6, 6.07) is 3.68. The van der Waals surface area contributed by atoms with Gasteiger partial charge in [0, 0.05) is 0 Å². The molecular weight excluding hydrogens is 231 g/mol. The van der Waals surface area contributed by atoms with Crippen LogP contribution in [0, 0.1) is 0 Å². The number of hydrogen-bond donors (Lipinski definition) is 0. The van der Waals surface area contributed by atoms with Crippen molar-refractivity contribution in [2.45, 2.75) is 12.1 Å². The molecule has 2 aromatic rings. The molecular formula is C9H5ClF3NO. The first-order valence-corrected chi connectivity index (χ1v) is 4.57. The first-order valence-electron chi connectivity index (χ1n) is 4.04. The third-order valence-corrected chi connectivity index (χ3v) is 2.11. The number of benzene rings is 1. The number of nitrogens with zero attached hydrogens (tertiary/aromatic N) is 1. The molecule has 0 bridgehead atoms. The first kappa shape index (κ1) is 10.3. The van der Waals surface area contributed by atoms with Crippen LogP contribution in [0.4, 0.5) is 13.2 Å². The third kappa shape index (κ3) is 1.79. The maximum Gasteiger partial charge on any atom is 0.420 e. The van der Waals surface area contributed by atoms with Crippen LogP contribution in [0.3, 0.4) is 0 Å². The van der Waals surface area contributed by atoms with Crippen molar-refractivity contribution in [1.29, 1.82) is 0 Å². The maximum atomic E-state index is 12.5. The molecule has 0 saturated heterocycles. The van der Waals surface area contributed by atoms with Crippen LogP contribution in [0.1, 0.15) is 11.5 Å². The average molecular weight is 236 g/mol. The van der Waals surface area contributed by atoms with Gasteiger partial charge in [-0.05, 0) is 12.1 Å². The molecule has 1 heterocycles. The Hall–Kier alpha value is -1.23. The molecule has 0 aliphatic heterocycles. The zero-order valence-corrected chi connectivity index (χ0v) is 8.06. The largest absolute Gasteiger partial charge is 0.439 e. The quantitative estimate of drug-likeness (QED) is 0.706. The minimum absolute atomic E-state index is 0.0496. The number of fused-ring (bicyclic) bond motifs is 1. The summed E-state index contributed by atoms with van der Waals surface area (Å²) in [6.07, 6.45) is -4.44. The standard InChI is InChI=1S/C9H5ClF3NO/c10-4-7-14-6-3-1-2-5(8(6)15-7)9(11,12)13/h1-3H,4H2. The molecule has 2 rings (SSSR count). The normalized spacial score (nSPS) is 12.3. The minimum Gasteiger partial charge on any atom is -0.439 e. The predicted molar refractivity (Wildman–Crippen MR) is 48.6 cm³/mol. The molecule has 1 aromatic heterocycles. The average Bonchev–Trinajstić information content (AvgIpc) is 2.57. The number of oxazole rings is 1. The molecule has 0 aliphatic rings. The summed E-state index contributed by atoms with van der Waals surface area (Å²) in [5, 5.41) is 0. The van der Waals surface area contributed by atoms with Crippen LogP contribution >= 0.6 is 11.6 Å². The highest BCUT2D eigenvalue weighted by Gasteiger charge is 2.34. The lowest BCUT2D eigenvalue weighted by atomic mass is 10.2. The van der Waals surface area contributed by atoms with Crippen LogP contribution < -0.4 is 0 Å². The van der Waals surface area contributed by atoms with Crippen molar-refractivity contribution in [1.82, 2.24) is 4.98 Å². The second kappa shape index (κ2) is 3.41. The highest BCUT2D eigenvalue weighted by molar-refractivity contribution is 6.16. The number of alkyl halides is 4. The minimum atomic E-state index is -4.44. The van der Waals surface area contributed by atoms with Gasteiger partial charge in [0.15, 0.2) is 5.58 Å². The van der Waals surface area contributed by atoms with Crippen LogP contribution in [-0.2, 0) is 12.1 Å². The molecule has 0 fully saturated rings. The Morgan fingerprint density at radius 2 is 2.07 bits per heavy atom. The van der Waals surface area contributed by atoms with Crippen molar-refractivity contribution in [2.75, 3.05) is 0 Å². The molecule has 0 saturated carbocycles. The Morgan fingerprint density at radius 1 is 1.33 bits per heavy atom. The monoisotopic (exact) mass is 235 g/mol. The Kier molecular flexibility index (Phi) is 2.34. The van der Waals surface area contributed by atoms with Gasteiger partial charge in [-0.2, -0.15) is 13.2 Å². The van der Waals surface area contributed by atoms with Crippen molar-refractivity contribution >= 4 is 22.7 Å². The van der Waals surface area contributed by atoms with Crippen LogP contribution in [0.15, 0.2) is 22.6 Å². The summed E-state index contributed by atoms with van der Waals surface area (Å²) in [5.74, 6) is 0.0368. The fourth-order valence-electron chi connectivity index (χ4n) is 1.28. The smallest absolute Gasteiger partial charge is 0.420 e. The number of para-hydroxylation sites is 1. The van der Waals surface area contributed by atoms with Crippen molar-refractivity contribution in [3.05, 3.63) is 29.7 Å². The summed E-state index contributed by atoms with van der Waals surface area (Å²) < 4.78 is 42.4. The number of halogens is 4. The number of rotatable bonds is 1. The van der Waals surface area contributed by atoms with Crippen LogP contribution in [-0.4, -0.2) is 4.98 Å². The van der Waals surface area contributed by atoms with Gasteiger partial charge in [-0.1, -0.05) is 6.07 Å². The van der Waals surface area contributed by atoms with Gasteiger partial charge in [0.1, 0.15) is 11.1 Å². The molecule has 0 spiro atoms. The fourth-order valence-corrected chi connectivity index (χ4v) is 1.39. The molecule has 6 heteroatoms. The van der Waals surface area contributed by atoms with Crippen molar-refractivity contribution in [3.63, 3.8) is 0 Å². The summed E-state index contributed by atoms with van der Waals surface area (Å²) >= 11 is 5.43. The summed E-state index contributed by atoms with van der Waals surface area (Å²) in [7, 11) is 0. The van der Waals surface area contributed by atoms with Crippen LogP contribution in [0.25, 0.3) is 11.1 Å². The van der Waals surface area contributed by atoms with E-state index in [2.05, 4.69) is 4.98 Å². The molecule has 0 amide bonds. The van der Waals surface area contributed by atoms with E-state index in [1.807, 2.05) is 0 Å². The van der Waals surface area contributed by atoms with E-state index in [0.29, 0.717) is 0 Å². The lowest BCUT2D eigenvalue weighted by molar-refractivity contribution is -0.136. The second-order valence-electron chi connectivity index (χ2n) is 2.89. The van der Waals surface area contributed by atoms with Crippen molar-refractivity contribution < 1.29 is 17.6 Å². The van der Waals surface area contributed by atoms with Gasteiger partial charge in [-0.25, -0.2) is 4.98 Å². The molecule has 0 unspecified atom stereocenters. The van der Waals surface area contributed by atoms with Gasteiger partial charge < -0.3 is 4.42 Å². The van der Waals surface area contributed by atoms with Gasteiger partial charge in [-0.3, -0.25) is 0 Å². The van der Waals surface area contributed by atoms with Crippen LogP contribution in [0.2, 0.25) is 0 Å². The zero-order chi connectivity index (χ0) is 11.1. The van der Waals surface area contributed by atoms with Crippen LogP contribution in [0.5, 0.6) is 0 Å². The third-order valence-electron chi connectivity index (χ3n) is 1.88. The molecule has 1 aromatic carbocycles. The Bertz CT molecular complexity index is 492. The lowest BCUT2D eigenvalue weighted by Crippen LogP contribution is -2.04. The molecule has 0 N–H and O–H groups in total.